The van der Waals surface area contributed by atoms with Crippen LogP contribution in [0.25, 0.3) is 11.0 Å². The molecule has 0 saturated carbocycles. The molecule has 0 saturated heterocycles. The van der Waals surface area contributed by atoms with Gasteiger partial charge in [0.1, 0.15) is 17.1 Å². The Balaban J connectivity index is 1.56. The lowest BCUT2D eigenvalue weighted by molar-refractivity contribution is -0.137. The number of carbonyl (C=O) groups is 1. The molecule has 5 aromatic rings. The Labute approximate surface area is 220 Å². The van der Waals surface area contributed by atoms with E-state index in [9.17, 15) is 22.8 Å². The van der Waals surface area contributed by atoms with Crippen LogP contribution in [0.4, 0.5) is 18.9 Å². The molecule has 4 aromatic carbocycles. The average molecular weight is 527 g/mol. The number of aryl methyl sites for hydroxylation is 1. The van der Waals surface area contributed by atoms with Gasteiger partial charge in [0.05, 0.1) is 22.6 Å². The molecular weight excluding hydrogens is 507 g/mol. The zero-order valence-corrected chi connectivity index (χ0v) is 20.5. The normalized spacial score (nSPS) is 15.0. The molecule has 194 valence electrons. The van der Waals surface area contributed by atoms with E-state index in [1.807, 2.05) is 25.1 Å². The Kier molecular flexibility index (Phi) is 5.75. The topological polar surface area (TPSA) is 59.8 Å². The number of nitrogens with zero attached hydrogens (tertiary/aromatic N) is 1. The van der Waals surface area contributed by atoms with Crippen LogP contribution in [0.5, 0.6) is 11.5 Å². The van der Waals surface area contributed by atoms with Gasteiger partial charge in [-0.3, -0.25) is 14.5 Å². The SMILES string of the molecule is Cc1ccc2oc3c(c(=O)c2c1)C(c1cccc(Oc2ccccc2)c1)N(c1cccc(C(F)(F)F)c1)C3=O. The summed E-state index contributed by atoms with van der Waals surface area (Å²) < 4.78 is 52.7. The van der Waals surface area contributed by atoms with Crippen LogP contribution in [0.15, 0.2) is 106 Å². The summed E-state index contributed by atoms with van der Waals surface area (Å²) in [4.78, 5) is 28.8. The van der Waals surface area contributed by atoms with E-state index in [0.29, 0.717) is 17.1 Å². The zero-order valence-electron chi connectivity index (χ0n) is 20.5. The molecule has 0 fully saturated rings. The molecule has 1 amide bonds. The Hall–Kier alpha value is -4.85. The molecule has 0 N–H and O–H groups in total. The number of rotatable bonds is 4. The van der Waals surface area contributed by atoms with Crippen LogP contribution in [-0.2, 0) is 6.18 Å². The van der Waals surface area contributed by atoms with Gasteiger partial charge >= 0.3 is 6.18 Å². The molecular formula is C31H20F3NO4. The summed E-state index contributed by atoms with van der Waals surface area (Å²) in [5.41, 5.74) is 0.243. The molecule has 1 unspecified atom stereocenters. The Bertz CT molecular complexity index is 1790. The van der Waals surface area contributed by atoms with Crippen molar-refractivity contribution in [2.75, 3.05) is 4.90 Å². The molecule has 0 aliphatic carbocycles. The lowest BCUT2D eigenvalue weighted by Crippen LogP contribution is -2.29. The van der Waals surface area contributed by atoms with Gasteiger partial charge in [0, 0.05) is 5.69 Å². The summed E-state index contributed by atoms with van der Waals surface area (Å²) in [6.45, 7) is 1.83. The maximum Gasteiger partial charge on any atom is 0.416 e. The number of halogens is 3. The molecule has 1 aliphatic rings. The fourth-order valence-corrected chi connectivity index (χ4v) is 4.87. The van der Waals surface area contributed by atoms with Crippen molar-refractivity contribution in [2.45, 2.75) is 19.1 Å². The molecule has 5 nitrogen and oxygen atoms in total. The standard InChI is InChI=1S/C31H20F3NO4/c1-18-13-14-25-24(15-18)28(36)26-27(19-7-5-12-23(16-19)38-22-10-3-2-4-11-22)35(30(37)29(26)39-25)21-9-6-8-20(17-21)31(32,33)34/h2-17,27H,1H3. The summed E-state index contributed by atoms with van der Waals surface area (Å²) in [5, 5.41) is 0.286. The highest BCUT2D eigenvalue weighted by atomic mass is 19.4. The molecule has 39 heavy (non-hydrogen) atoms. The largest absolute Gasteiger partial charge is 0.457 e. The van der Waals surface area contributed by atoms with E-state index in [1.54, 1.807) is 54.6 Å². The van der Waals surface area contributed by atoms with Crippen molar-refractivity contribution < 1.29 is 27.1 Å². The van der Waals surface area contributed by atoms with Crippen molar-refractivity contribution in [3.8, 4) is 11.5 Å². The highest BCUT2D eigenvalue weighted by Crippen LogP contribution is 2.43. The van der Waals surface area contributed by atoms with Crippen LogP contribution in [0.2, 0.25) is 0 Å². The van der Waals surface area contributed by atoms with E-state index < -0.39 is 29.1 Å². The van der Waals surface area contributed by atoms with Gasteiger partial charge in [0.15, 0.2) is 5.43 Å². The Morgan fingerprint density at radius 3 is 2.33 bits per heavy atom. The molecule has 2 heterocycles. The number of hydrogen-bond donors (Lipinski definition) is 0. The van der Waals surface area contributed by atoms with Crippen molar-refractivity contribution in [3.05, 3.63) is 135 Å². The molecule has 1 aliphatic heterocycles. The van der Waals surface area contributed by atoms with E-state index in [-0.39, 0.29) is 28.0 Å². The first-order chi connectivity index (χ1) is 18.7. The first-order valence-electron chi connectivity index (χ1n) is 12.1. The monoisotopic (exact) mass is 527 g/mol. The number of benzene rings is 4. The quantitative estimate of drug-likeness (QED) is 0.241. The summed E-state index contributed by atoms with van der Waals surface area (Å²) >= 11 is 0. The van der Waals surface area contributed by atoms with E-state index in [4.69, 9.17) is 9.15 Å². The van der Waals surface area contributed by atoms with Crippen molar-refractivity contribution in [2.24, 2.45) is 0 Å². The van der Waals surface area contributed by atoms with Crippen molar-refractivity contribution in [1.82, 2.24) is 0 Å². The number of ether oxygens (including phenoxy) is 1. The number of anilines is 1. The van der Waals surface area contributed by atoms with E-state index in [2.05, 4.69) is 0 Å². The number of para-hydroxylation sites is 1. The van der Waals surface area contributed by atoms with E-state index >= 15 is 0 Å². The lowest BCUT2D eigenvalue weighted by atomic mass is 9.97. The third kappa shape index (κ3) is 4.33. The lowest BCUT2D eigenvalue weighted by Gasteiger charge is -2.26. The maximum absolute atomic E-state index is 13.8. The fraction of sp³-hybridized carbons (Fsp3) is 0.0968. The molecule has 1 aromatic heterocycles. The van der Waals surface area contributed by atoms with Crippen LogP contribution < -0.4 is 15.1 Å². The summed E-state index contributed by atoms with van der Waals surface area (Å²) in [6, 6.07) is 24.3. The zero-order chi connectivity index (χ0) is 27.3. The van der Waals surface area contributed by atoms with Gasteiger partial charge < -0.3 is 9.15 Å². The molecule has 0 bridgehead atoms. The van der Waals surface area contributed by atoms with Crippen LogP contribution in [0.3, 0.4) is 0 Å². The highest BCUT2D eigenvalue weighted by molar-refractivity contribution is 6.10. The fourth-order valence-electron chi connectivity index (χ4n) is 4.87. The minimum atomic E-state index is -4.62. The predicted octanol–water partition coefficient (Wildman–Crippen LogP) is 7.66. The minimum absolute atomic E-state index is 0.0137. The number of alkyl halides is 3. The third-order valence-electron chi connectivity index (χ3n) is 6.63. The second kappa shape index (κ2) is 9.16. The second-order valence-electron chi connectivity index (χ2n) is 9.29. The summed E-state index contributed by atoms with van der Waals surface area (Å²) in [6.07, 6.45) is -4.62. The van der Waals surface area contributed by atoms with Crippen molar-refractivity contribution in [3.63, 3.8) is 0 Å². The van der Waals surface area contributed by atoms with Crippen LogP contribution >= 0.6 is 0 Å². The first kappa shape index (κ1) is 24.5. The summed E-state index contributed by atoms with van der Waals surface area (Å²) in [7, 11) is 0. The van der Waals surface area contributed by atoms with Gasteiger partial charge in [0.2, 0.25) is 5.76 Å². The number of amides is 1. The van der Waals surface area contributed by atoms with Gasteiger partial charge in [0.25, 0.3) is 5.91 Å². The van der Waals surface area contributed by atoms with E-state index in [1.165, 1.54) is 17.0 Å². The molecule has 8 heteroatoms. The van der Waals surface area contributed by atoms with E-state index in [0.717, 1.165) is 17.7 Å². The Morgan fingerprint density at radius 2 is 1.56 bits per heavy atom. The van der Waals surface area contributed by atoms with Gasteiger partial charge in [-0.15, -0.1) is 0 Å². The van der Waals surface area contributed by atoms with Gasteiger partial charge in [-0.25, -0.2) is 0 Å². The number of fused-ring (bicyclic) bond motifs is 2. The third-order valence-corrected chi connectivity index (χ3v) is 6.63. The number of carbonyl (C=O) groups excluding carboxylic acids is 1. The molecule has 1 atom stereocenters. The molecule has 0 spiro atoms. The van der Waals surface area contributed by atoms with Crippen LogP contribution in [0, 0.1) is 6.92 Å². The van der Waals surface area contributed by atoms with Gasteiger partial charge in [-0.1, -0.05) is 48.0 Å². The maximum atomic E-state index is 13.8. The molecule has 0 radical (unpaired) electrons. The van der Waals surface area contributed by atoms with Crippen molar-refractivity contribution in [1.29, 1.82) is 0 Å². The van der Waals surface area contributed by atoms with Gasteiger partial charge in [-0.2, -0.15) is 13.2 Å². The predicted molar refractivity (Wildman–Crippen MR) is 140 cm³/mol. The molecule has 6 rings (SSSR count). The summed E-state index contributed by atoms with van der Waals surface area (Å²) in [5.74, 6) is 0.106. The van der Waals surface area contributed by atoms with Crippen LogP contribution in [-0.4, -0.2) is 5.91 Å². The van der Waals surface area contributed by atoms with Gasteiger partial charge in [-0.05, 0) is 67.1 Å². The average Bonchev–Trinajstić information content (AvgIpc) is 3.22. The first-order valence-corrected chi connectivity index (χ1v) is 12.1. The Morgan fingerprint density at radius 1 is 0.821 bits per heavy atom. The van der Waals surface area contributed by atoms with Crippen LogP contribution in [0.1, 0.15) is 38.9 Å². The second-order valence-corrected chi connectivity index (χ2v) is 9.29. The van der Waals surface area contributed by atoms with Crippen molar-refractivity contribution >= 4 is 22.6 Å². The number of hydrogen-bond acceptors (Lipinski definition) is 4. The smallest absolute Gasteiger partial charge is 0.416 e. The minimum Gasteiger partial charge on any atom is -0.457 e. The highest BCUT2D eigenvalue weighted by Gasteiger charge is 2.44.